The lowest BCUT2D eigenvalue weighted by Crippen LogP contribution is -1.99. The van der Waals surface area contributed by atoms with Crippen molar-refractivity contribution in [1.82, 2.24) is 20.0 Å². The Bertz CT molecular complexity index is 510. The summed E-state index contributed by atoms with van der Waals surface area (Å²) in [4.78, 5) is 3.89. The van der Waals surface area contributed by atoms with Crippen LogP contribution in [0.4, 0.5) is 8.78 Å². The van der Waals surface area contributed by atoms with Crippen LogP contribution in [0.2, 0.25) is 0 Å². The second-order valence-electron chi connectivity index (χ2n) is 3.44. The van der Waals surface area contributed by atoms with Gasteiger partial charge in [-0.3, -0.25) is 4.98 Å². The van der Waals surface area contributed by atoms with Crippen molar-refractivity contribution in [1.29, 1.82) is 0 Å². The van der Waals surface area contributed by atoms with E-state index in [-0.39, 0.29) is 12.2 Å². The first-order valence-corrected chi connectivity index (χ1v) is 4.87. The van der Waals surface area contributed by atoms with Gasteiger partial charge in [0, 0.05) is 18.8 Å². The minimum atomic E-state index is -2.55. The summed E-state index contributed by atoms with van der Waals surface area (Å²) in [6, 6.07) is 2.72. The number of nitrogens with zero attached hydrogens (tertiary/aromatic N) is 4. The molecule has 0 saturated heterocycles. The maximum absolute atomic E-state index is 12.3. The molecule has 2 aromatic heterocycles. The zero-order valence-electron chi connectivity index (χ0n) is 9.01. The molecule has 0 unspecified atom stereocenters. The highest BCUT2D eigenvalue weighted by atomic mass is 19.3. The first-order chi connectivity index (χ1) is 8.13. The number of rotatable bonds is 3. The molecule has 2 heterocycles. The van der Waals surface area contributed by atoms with Crippen LogP contribution >= 0.6 is 0 Å². The van der Waals surface area contributed by atoms with Crippen LogP contribution in [0.5, 0.6) is 0 Å². The standard InChI is InChI=1S/C10H10F2N4O/c1-16-8(5-17)9(14-15-16)7-3-2-6(4-13-7)10(11)12/h2-4,10,17H,5H2,1H3. The number of hydrogen-bond acceptors (Lipinski definition) is 4. The minimum absolute atomic E-state index is 0.150. The molecule has 7 heteroatoms. The summed E-state index contributed by atoms with van der Waals surface area (Å²) in [6.45, 7) is -0.239. The summed E-state index contributed by atoms with van der Waals surface area (Å²) in [6.07, 6.45) is -1.45. The molecule has 2 rings (SSSR count). The van der Waals surface area contributed by atoms with Crippen molar-refractivity contribution in [3.63, 3.8) is 0 Å². The van der Waals surface area contributed by atoms with Crippen LogP contribution in [0, 0.1) is 0 Å². The molecule has 0 aliphatic heterocycles. The predicted molar refractivity (Wildman–Crippen MR) is 55.1 cm³/mol. The van der Waals surface area contributed by atoms with Gasteiger partial charge in [0.05, 0.1) is 18.0 Å². The van der Waals surface area contributed by atoms with Crippen molar-refractivity contribution in [3.05, 3.63) is 29.6 Å². The Balaban J connectivity index is 2.39. The number of pyridine rings is 1. The van der Waals surface area contributed by atoms with E-state index in [4.69, 9.17) is 5.11 Å². The van der Waals surface area contributed by atoms with Crippen molar-refractivity contribution in [3.8, 4) is 11.4 Å². The van der Waals surface area contributed by atoms with Gasteiger partial charge in [0.25, 0.3) is 6.43 Å². The van der Waals surface area contributed by atoms with Crippen LogP contribution in [0.15, 0.2) is 18.3 Å². The number of hydrogen-bond donors (Lipinski definition) is 1. The smallest absolute Gasteiger partial charge is 0.265 e. The van der Waals surface area contributed by atoms with Gasteiger partial charge >= 0.3 is 0 Å². The second kappa shape index (κ2) is 4.54. The molecule has 2 aromatic rings. The summed E-state index contributed by atoms with van der Waals surface area (Å²) < 4.78 is 26.1. The summed E-state index contributed by atoms with van der Waals surface area (Å²) in [5, 5.41) is 16.7. The number of aliphatic hydroxyl groups excluding tert-OH is 1. The van der Waals surface area contributed by atoms with Crippen LogP contribution in [-0.4, -0.2) is 25.1 Å². The Hall–Kier alpha value is -1.89. The van der Waals surface area contributed by atoms with E-state index >= 15 is 0 Å². The fourth-order valence-corrected chi connectivity index (χ4v) is 1.43. The molecule has 0 aromatic carbocycles. The van der Waals surface area contributed by atoms with Gasteiger partial charge in [-0.2, -0.15) is 0 Å². The Morgan fingerprint density at radius 3 is 2.71 bits per heavy atom. The lowest BCUT2D eigenvalue weighted by molar-refractivity contribution is 0.151. The maximum atomic E-state index is 12.3. The first kappa shape index (κ1) is 11.6. The summed E-state index contributed by atoms with van der Waals surface area (Å²) in [7, 11) is 1.63. The van der Waals surface area contributed by atoms with E-state index in [9.17, 15) is 8.78 Å². The molecule has 0 aliphatic rings. The third kappa shape index (κ3) is 2.14. The number of alkyl halides is 2. The van der Waals surface area contributed by atoms with Crippen molar-refractivity contribution in [2.75, 3.05) is 0 Å². The van der Waals surface area contributed by atoms with E-state index in [1.165, 1.54) is 16.8 Å². The quantitative estimate of drug-likeness (QED) is 0.878. The van der Waals surface area contributed by atoms with Crippen LogP contribution < -0.4 is 0 Å². The normalized spacial score (nSPS) is 11.1. The molecule has 17 heavy (non-hydrogen) atoms. The Kier molecular flexibility index (Phi) is 3.10. The average molecular weight is 240 g/mol. The average Bonchev–Trinajstić information content (AvgIpc) is 2.70. The highest BCUT2D eigenvalue weighted by molar-refractivity contribution is 5.56. The molecule has 0 spiro atoms. The zero-order valence-corrected chi connectivity index (χ0v) is 9.01. The number of aryl methyl sites for hydroxylation is 1. The highest BCUT2D eigenvalue weighted by Gasteiger charge is 2.14. The molecule has 0 atom stereocenters. The summed E-state index contributed by atoms with van der Waals surface area (Å²) in [5.74, 6) is 0. The maximum Gasteiger partial charge on any atom is 0.265 e. The van der Waals surface area contributed by atoms with Crippen molar-refractivity contribution in [2.24, 2.45) is 7.05 Å². The zero-order chi connectivity index (χ0) is 12.4. The van der Waals surface area contributed by atoms with E-state index < -0.39 is 6.43 Å². The number of aliphatic hydroxyl groups is 1. The van der Waals surface area contributed by atoms with E-state index in [1.807, 2.05) is 0 Å². The molecule has 0 bridgehead atoms. The van der Waals surface area contributed by atoms with Crippen LogP contribution in [0.3, 0.4) is 0 Å². The Morgan fingerprint density at radius 2 is 2.18 bits per heavy atom. The van der Waals surface area contributed by atoms with Crippen molar-refractivity contribution < 1.29 is 13.9 Å². The van der Waals surface area contributed by atoms with Gasteiger partial charge in [0.15, 0.2) is 0 Å². The predicted octanol–water partition coefficient (Wildman–Crippen LogP) is 1.31. The molecule has 90 valence electrons. The van der Waals surface area contributed by atoms with Crippen LogP contribution in [0.1, 0.15) is 17.7 Å². The third-order valence-electron chi connectivity index (χ3n) is 2.37. The molecule has 0 amide bonds. The van der Waals surface area contributed by atoms with E-state index in [0.29, 0.717) is 17.1 Å². The van der Waals surface area contributed by atoms with Gasteiger partial charge in [0.2, 0.25) is 0 Å². The monoisotopic (exact) mass is 240 g/mol. The number of aromatic nitrogens is 4. The van der Waals surface area contributed by atoms with Crippen molar-refractivity contribution in [2.45, 2.75) is 13.0 Å². The fourth-order valence-electron chi connectivity index (χ4n) is 1.43. The lowest BCUT2D eigenvalue weighted by Gasteiger charge is -2.02. The van der Waals surface area contributed by atoms with Crippen LogP contribution in [0.25, 0.3) is 11.4 Å². The molecule has 0 aliphatic carbocycles. The third-order valence-corrected chi connectivity index (χ3v) is 2.37. The highest BCUT2D eigenvalue weighted by Crippen LogP contribution is 2.22. The van der Waals surface area contributed by atoms with Gasteiger partial charge in [0.1, 0.15) is 5.69 Å². The second-order valence-corrected chi connectivity index (χ2v) is 3.44. The van der Waals surface area contributed by atoms with Crippen molar-refractivity contribution >= 4 is 0 Å². The van der Waals surface area contributed by atoms with Gasteiger partial charge in [-0.1, -0.05) is 5.21 Å². The fraction of sp³-hybridized carbons (Fsp3) is 0.300. The topological polar surface area (TPSA) is 63.8 Å². The molecule has 0 saturated carbocycles. The molecular formula is C10H10F2N4O. The summed E-state index contributed by atoms with van der Waals surface area (Å²) >= 11 is 0. The van der Waals surface area contributed by atoms with E-state index in [2.05, 4.69) is 15.3 Å². The molecule has 5 nitrogen and oxygen atoms in total. The number of halogens is 2. The Labute approximate surface area is 95.7 Å². The first-order valence-electron chi connectivity index (χ1n) is 4.87. The summed E-state index contributed by atoms with van der Waals surface area (Å²) in [5.41, 5.74) is 1.15. The molecule has 0 radical (unpaired) electrons. The lowest BCUT2D eigenvalue weighted by atomic mass is 10.2. The Morgan fingerprint density at radius 1 is 1.41 bits per heavy atom. The molecule has 0 fully saturated rings. The SMILES string of the molecule is Cn1nnc(-c2ccc(C(F)F)cn2)c1CO. The van der Waals surface area contributed by atoms with Crippen LogP contribution in [-0.2, 0) is 13.7 Å². The van der Waals surface area contributed by atoms with Gasteiger partial charge in [-0.15, -0.1) is 5.10 Å². The largest absolute Gasteiger partial charge is 0.390 e. The minimum Gasteiger partial charge on any atom is -0.390 e. The van der Waals surface area contributed by atoms with E-state index in [0.717, 1.165) is 6.20 Å². The van der Waals surface area contributed by atoms with Gasteiger partial charge in [-0.05, 0) is 12.1 Å². The van der Waals surface area contributed by atoms with Gasteiger partial charge in [-0.25, -0.2) is 13.5 Å². The molecular weight excluding hydrogens is 230 g/mol. The molecule has 1 N–H and O–H groups in total. The van der Waals surface area contributed by atoms with Gasteiger partial charge < -0.3 is 5.11 Å². The van der Waals surface area contributed by atoms with E-state index in [1.54, 1.807) is 7.05 Å².